The van der Waals surface area contributed by atoms with Gasteiger partial charge in [0.05, 0.1) is 6.20 Å². The minimum Gasteiger partial charge on any atom is -0.232 e. The van der Waals surface area contributed by atoms with Crippen molar-refractivity contribution in [1.82, 2.24) is 9.29 Å². The van der Waals surface area contributed by atoms with E-state index in [9.17, 15) is 8.42 Å². The first-order chi connectivity index (χ1) is 7.91. The molecule has 1 aliphatic rings. The fraction of sp³-hybridized carbons (Fsp3) is 0.700. The number of hydrogen-bond donors (Lipinski definition) is 0. The average molecular weight is 295 g/mol. The van der Waals surface area contributed by atoms with E-state index in [4.69, 9.17) is 11.6 Å². The van der Waals surface area contributed by atoms with Gasteiger partial charge in [-0.15, -0.1) is 0 Å². The van der Waals surface area contributed by atoms with Crippen molar-refractivity contribution in [2.24, 2.45) is 11.8 Å². The molecule has 7 heteroatoms. The third kappa shape index (κ3) is 2.65. The number of hydrogen-bond acceptors (Lipinski definition) is 4. The monoisotopic (exact) mass is 294 g/mol. The second-order valence-electron chi connectivity index (χ2n) is 4.59. The van der Waals surface area contributed by atoms with Crippen LogP contribution in [0.1, 0.15) is 20.3 Å². The van der Waals surface area contributed by atoms with Crippen molar-refractivity contribution in [2.45, 2.75) is 24.5 Å². The largest absolute Gasteiger partial charge is 0.254 e. The SMILES string of the molecule is CC(C)C1CCN(S(=O)(=O)c2cnc(Cl)s2)C1. The van der Waals surface area contributed by atoms with E-state index in [1.165, 1.54) is 6.20 Å². The summed E-state index contributed by atoms with van der Waals surface area (Å²) >= 11 is 6.69. The fourth-order valence-electron chi connectivity index (χ4n) is 2.00. The van der Waals surface area contributed by atoms with Crippen molar-refractivity contribution in [1.29, 1.82) is 0 Å². The van der Waals surface area contributed by atoms with Gasteiger partial charge in [0.15, 0.2) is 8.68 Å². The number of sulfonamides is 1. The van der Waals surface area contributed by atoms with Crippen LogP contribution in [0.25, 0.3) is 0 Å². The van der Waals surface area contributed by atoms with Crippen LogP contribution in [-0.2, 0) is 10.0 Å². The lowest BCUT2D eigenvalue weighted by Crippen LogP contribution is -2.28. The Morgan fingerprint density at radius 2 is 2.29 bits per heavy atom. The smallest absolute Gasteiger partial charge is 0.232 e. The van der Waals surface area contributed by atoms with Gasteiger partial charge in [-0.3, -0.25) is 0 Å². The van der Waals surface area contributed by atoms with Crippen molar-refractivity contribution < 1.29 is 8.42 Å². The summed E-state index contributed by atoms with van der Waals surface area (Å²) in [6, 6.07) is 0. The molecular formula is C10H15ClN2O2S2. The van der Waals surface area contributed by atoms with E-state index in [-0.39, 0.29) is 8.68 Å². The molecule has 1 fully saturated rings. The highest BCUT2D eigenvalue weighted by atomic mass is 35.5. The molecule has 0 bridgehead atoms. The van der Waals surface area contributed by atoms with Gasteiger partial charge in [-0.2, -0.15) is 4.31 Å². The maximum absolute atomic E-state index is 12.3. The van der Waals surface area contributed by atoms with Gasteiger partial charge in [0.25, 0.3) is 10.0 Å². The summed E-state index contributed by atoms with van der Waals surface area (Å²) in [5.41, 5.74) is 0. The molecule has 1 atom stereocenters. The highest BCUT2D eigenvalue weighted by Crippen LogP contribution is 2.31. The highest BCUT2D eigenvalue weighted by Gasteiger charge is 2.34. The zero-order valence-electron chi connectivity index (χ0n) is 9.76. The van der Waals surface area contributed by atoms with E-state index in [1.807, 2.05) is 0 Å². The number of aromatic nitrogens is 1. The van der Waals surface area contributed by atoms with Crippen LogP contribution in [0, 0.1) is 11.8 Å². The van der Waals surface area contributed by atoms with E-state index in [2.05, 4.69) is 18.8 Å². The summed E-state index contributed by atoms with van der Waals surface area (Å²) in [5.74, 6) is 0.966. The van der Waals surface area contributed by atoms with Crippen molar-refractivity contribution in [3.05, 3.63) is 10.7 Å². The maximum Gasteiger partial charge on any atom is 0.254 e. The minimum atomic E-state index is -3.38. The highest BCUT2D eigenvalue weighted by molar-refractivity contribution is 7.91. The van der Waals surface area contributed by atoms with Crippen LogP contribution in [0.3, 0.4) is 0 Å². The molecule has 4 nitrogen and oxygen atoms in total. The van der Waals surface area contributed by atoms with E-state index >= 15 is 0 Å². The van der Waals surface area contributed by atoms with Crippen molar-refractivity contribution >= 4 is 33.0 Å². The zero-order chi connectivity index (χ0) is 12.6. The van der Waals surface area contributed by atoms with Gasteiger partial charge < -0.3 is 0 Å². The molecule has 17 heavy (non-hydrogen) atoms. The summed E-state index contributed by atoms with van der Waals surface area (Å²) in [7, 11) is -3.38. The Morgan fingerprint density at radius 1 is 1.59 bits per heavy atom. The third-order valence-corrected chi connectivity index (χ3v) is 6.60. The van der Waals surface area contributed by atoms with Crippen LogP contribution >= 0.6 is 22.9 Å². The predicted octanol–water partition coefficient (Wildman–Crippen LogP) is 2.46. The topological polar surface area (TPSA) is 50.3 Å². The third-order valence-electron chi connectivity index (χ3n) is 3.18. The Kier molecular flexibility index (Phi) is 3.77. The van der Waals surface area contributed by atoms with Gasteiger partial charge in [0.1, 0.15) is 0 Å². The van der Waals surface area contributed by atoms with Crippen LogP contribution in [-0.4, -0.2) is 30.8 Å². The molecule has 0 amide bonds. The first-order valence-corrected chi connectivity index (χ1v) is 8.16. The lowest BCUT2D eigenvalue weighted by atomic mass is 9.96. The van der Waals surface area contributed by atoms with Crippen LogP contribution < -0.4 is 0 Å². The van der Waals surface area contributed by atoms with Crippen LogP contribution in [0.15, 0.2) is 10.4 Å². The standard InChI is InChI=1S/C10H15ClN2O2S2/c1-7(2)8-3-4-13(6-8)17(14,15)9-5-12-10(11)16-9/h5,7-8H,3-4,6H2,1-2H3. The molecule has 1 aromatic heterocycles. The number of thiazole rings is 1. The molecule has 0 aromatic carbocycles. The molecule has 0 N–H and O–H groups in total. The molecule has 1 saturated heterocycles. The maximum atomic E-state index is 12.3. The molecule has 2 rings (SSSR count). The predicted molar refractivity (Wildman–Crippen MR) is 68.8 cm³/mol. The van der Waals surface area contributed by atoms with E-state index in [0.717, 1.165) is 17.8 Å². The van der Waals surface area contributed by atoms with Crippen LogP contribution in [0.2, 0.25) is 4.47 Å². The number of rotatable bonds is 3. The van der Waals surface area contributed by atoms with Crippen LogP contribution in [0.4, 0.5) is 0 Å². The van der Waals surface area contributed by atoms with Crippen LogP contribution in [0.5, 0.6) is 0 Å². The molecular weight excluding hydrogens is 280 g/mol. The number of halogens is 1. The van der Waals surface area contributed by atoms with Gasteiger partial charge in [-0.05, 0) is 18.3 Å². The van der Waals surface area contributed by atoms with Crippen molar-refractivity contribution in [3.63, 3.8) is 0 Å². The Balaban J connectivity index is 2.18. The van der Waals surface area contributed by atoms with Crippen molar-refractivity contribution in [2.75, 3.05) is 13.1 Å². The number of nitrogens with zero attached hydrogens (tertiary/aromatic N) is 2. The molecule has 2 heterocycles. The quantitative estimate of drug-likeness (QED) is 0.860. The Bertz CT molecular complexity index is 498. The summed E-state index contributed by atoms with van der Waals surface area (Å²) in [6.45, 7) is 5.46. The Hall–Kier alpha value is -0.170. The van der Waals surface area contributed by atoms with E-state index in [0.29, 0.717) is 24.9 Å². The lowest BCUT2D eigenvalue weighted by Gasteiger charge is -2.16. The Labute approximate surface area is 111 Å². The van der Waals surface area contributed by atoms with Gasteiger partial charge in [0, 0.05) is 13.1 Å². The van der Waals surface area contributed by atoms with Gasteiger partial charge in [0.2, 0.25) is 0 Å². The van der Waals surface area contributed by atoms with Crippen molar-refractivity contribution in [3.8, 4) is 0 Å². The first-order valence-electron chi connectivity index (χ1n) is 5.52. The molecule has 0 saturated carbocycles. The second kappa shape index (κ2) is 4.84. The average Bonchev–Trinajstić information content (AvgIpc) is 2.85. The normalized spacial score (nSPS) is 22.5. The molecule has 1 aromatic rings. The zero-order valence-corrected chi connectivity index (χ0v) is 12.1. The summed E-state index contributed by atoms with van der Waals surface area (Å²) in [4.78, 5) is 3.79. The second-order valence-corrected chi connectivity index (χ2v) is 8.37. The van der Waals surface area contributed by atoms with E-state index in [1.54, 1.807) is 4.31 Å². The fourth-order valence-corrected chi connectivity index (χ4v) is 4.96. The minimum absolute atomic E-state index is 0.243. The summed E-state index contributed by atoms with van der Waals surface area (Å²) in [5, 5.41) is 0. The van der Waals surface area contributed by atoms with E-state index < -0.39 is 10.0 Å². The van der Waals surface area contributed by atoms with Gasteiger partial charge in [-0.25, -0.2) is 13.4 Å². The lowest BCUT2D eigenvalue weighted by molar-refractivity contribution is 0.389. The molecule has 1 unspecified atom stereocenters. The molecule has 96 valence electrons. The molecule has 1 aliphatic heterocycles. The molecule has 0 radical (unpaired) electrons. The Morgan fingerprint density at radius 3 is 2.76 bits per heavy atom. The van der Waals surface area contributed by atoms with Gasteiger partial charge >= 0.3 is 0 Å². The summed E-state index contributed by atoms with van der Waals surface area (Å²) < 4.78 is 26.6. The molecule has 0 aliphatic carbocycles. The first kappa shape index (κ1) is 13.3. The van der Waals surface area contributed by atoms with Gasteiger partial charge in [-0.1, -0.05) is 36.8 Å². The molecule has 0 spiro atoms. The summed E-state index contributed by atoms with van der Waals surface area (Å²) in [6.07, 6.45) is 2.27.